The monoisotopic (exact) mass is 332 g/mol. The highest BCUT2D eigenvalue weighted by Crippen LogP contribution is 2.19. The van der Waals surface area contributed by atoms with Gasteiger partial charge in [0, 0.05) is 18.0 Å². The molecule has 4 heteroatoms. The molecule has 0 saturated carbocycles. The third kappa shape index (κ3) is 3.97. The molecule has 0 amide bonds. The van der Waals surface area contributed by atoms with Crippen LogP contribution in [0.4, 0.5) is 0 Å². The van der Waals surface area contributed by atoms with Gasteiger partial charge < -0.3 is 14.8 Å². The molecule has 0 unspecified atom stereocenters. The lowest BCUT2D eigenvalue weighted by Gasteiger charge is -2.14. The largest absolute Gasteiger partial charge is 0.393 e. The van der Waals surface area contributed by atoms with Crippen LogP contribution in [0.2, 0.25) is 0 Å². The normalized spacial score (nSPS) is 12.9. The molecule has 0 aliphatic rings. The number of aliphatic hydroxyl groups is 2. The van der Waals surface area contributed by atoms with E-state index in [0.717, 1.165) is 16.7 Å². The first kappa shape index (κ1) is 17.0. The Bertz CT molecular complexity index is 872. The molecular formula is C21H20N2O2. The van der Waals surface area contributed by atoms with Crippen molar-refractivity contribution in [2.45, 2.75) is 19.1 Å². The molecule has 2 aromatic carbocycles. The van der Waals surface area contributed by atoms with E-state index in [9.17, 15) is 10.2 Å². The minimum absolute atomic E-state index is 0.148. The molecule has 3 rings (SSSR count). The number of benzene rings is 2. The second-order valence-electron chi connectivity index (χ2n) is 5.78. The van der Waals surface area contributed by atoms with Gasteiger partial charge in [-0.2, -0.15) is 0 Å². The average Bonchev–Trinajstić information content (AvgIpc) is 3.13. The van der Waals surface area contributed by atoms with Crippen molar-refractivity contribution in [3.05, 3.63) is 78.4 Å². The molecule has 0 radical (unpaired) electrons. The first-order valence-electron chi connectivity index (χ1n) is 8.17. The fraction of sp³-hybridized carbons (Fsp3) is 0.190. The van der Waals surface area contributed by atoms with E-state index >= 15 is 0 Å². The van der Waals surface area contributed by atoms with Crippen LogP contribution in [0.25, 0.3) is 11.1 Å². The third-order valence-electron chi connectivity index (χ3n) is 3.96. The zero-order valence-electron chi connectivity index (χ0n) is 14.0. The van der Waals surface area contributed by atoms with E-state index in [1.165, 1.54) is 0 Å². The second kappa shape index (κ2) is 7.80. The molecule has 0 bridgehead atoms. The summed E-state index contributed by atoms with van der Waals surface area (Å²) >= 11 is 0. The minimum atomic E-state index is -0.712. The summed E-state index contributed by atoms with van der Waals surface area (Å²) in [5, 5.41) is 19.4. The van der Waals surface area contributed by atoms with Crippen LogP contribution in [-0.2, 0) is 0 Å². The maximum atomic E-state index is 9.75. The Balaban J connectivity index is 1.81. The number of hydrogen-bond donors (Lipinski definition) is 2. The van der Waals surface area contributed by atoms with Crippen LogP contribution < -0.4 is 0 Å². The van der Waals surface area contributed by atoms with Crippen LogP contribution in [0.15, 0.2) is 67.0 Å². The highest BCUT2D eigenvalue weighted by atomic mass is 16.3. The van der Waals surface area contributed by atoms with Crippen molar-refractivity contribution in [1.82, 2.24) is 9.55 Å². The molecule has 0 saturated heterocycles. The van der Waals surface area contributed by atoms with Crippen LogP contribution >= 0.6 is 0 Å². The van der Waals surface area contributed by atoms with E-state index in [-0.39, 0.29) is 6.61 Å². The summed E-state index contributed by atoms with van der Waals surface area (Å²) in [4.78, 5) is 4.12. The minimum Gasteiger partial charge on any atom is -0.393 e. The van der Waals surface area contributed by atoms with Crippen molar-refractivity contribution in [3.8, 4) is 23.0 Å². The lowest BCUT2D eigenvalue weighted by molar-refractivity contribution is 0.176. The number of nitrogens with zero attached hydrogens (tertiary/aromatic N) is 2. The Hall–Kier alpha value is -2.87. The number of rotatable bonds is 4. The maximum Gasteiger partial charge on any atom is 0.138 e. The summed E-state index contributed by atoms with van der Waals surface area (Å²) < 4.78 is 1.70. The molecule has 25 heavy (non-hydrogen) atoms. The van der Waals surface area contributed by atoms with Gasteiger partial charge in [-0.15, -0.1) is 0 Å². The van der Waals surface area contributed by atoms with Gasteiger partial charge in [0.15, 0.2) is 0 Å². The van der Waals surface area contributed by atoms with Crippen molar-refractivity contribution < 1.29 is 10.2 Å². The van der Waals surface area contributed by atoms with Crippen molar-refractivity contribution in [2.75, 3.05) is 6.61 Å². The van der Waals surface area contributed by atoms with Crippen LogP contribution in [0, 0.1) is 11.8 Å². The molecule has 4 nitrogen and oxygen atoms in total. The van der Waals surface area contributed by atoms with E-state index in [2.05, 4.69) is 29.0 Å². The van der Waals surface area contributed by atoms with E-state index in [1.807, 2.05) is 42.5 Å². The Morgan fingerprint density at radius 3 is 2.36 bits per heavy atom. The molecule has 2 atom stereocenters. The number of aromatic nitrogens is 2. The average molecular weight is 332 g/mol. The molecule has 1 aromatic heterocycles. The van der Waals surface area contributed by atoms with Gasteiger partial charge in [-0.05, 0) is 30.2 Å². The highest BCUT2D eigenvalue weighted by Gasteiger charge is 2.14. The van der Waals surface area contributed by atoms with Crippen LogP contribution in [0.3, 0.4) is 0 Å². The molecule has 0 aliphatic heterocycles. The van der Waals surface area contributed by atoms with E-state index in [1.54, 1.807) is 23.9 Å². The second-order valence-corrected chi connectivity index (χ2v) is 5.78. The zero-order valence-corrected chi connectivity index (χ0v) is 14.0. The Morgan fingerprint density at radius 1 is 1.04 bits per heavy atom. The molecule has 0 aliphatic carbocycles. The third-order valence-corrected chi connectivity index (χ3v) is 3.96. The van der Waals surface area contributed by atoms with Crippen molar-refractivity contribution in [3.63, 3.8) is 0 Å². The molecule has 0 spiro atoms. The molecule has 126 valence electrons. The Kier molecular flexibility index (Phi) is 5.30. The maximum absolute atomic E-state index is 9.75. The van der Waals surface area contributed by atoms with Gasteiger partial charge in [-0.1, -0.05) is 54.3 Å². The van der Waals surface area contributed by atoms with E-state index in [4.69, 9.17) is 0 Å². The predicted molar refractivity (Wildman–Crippen MR) is 97.7 cm³/mol. The van der Waals surface area contributed by atoms with E-state index < -0.39 is 12.1 Å². The predicted octanol–water partition coefficient (Wildman–Crippen LogP) is 3.19. The summed E-state index contributed by atoms with van der Waals surface area (Å²) in [6, 6.07) is 17.7. The lowest BCUT2D eigenvalue weighted by Crippen LogP contribution is -2.15. The van der Waals surface area contributed by atoms with Crippen molar-refractivity contribution >= 4 is 0 Å². The van der Waals surface area contributed by atoms with Crippen LogP contribution in [0.1, 0.15) is 30.5 Å². The Labute approximate surface area is 147 Å². The fourth-order valence-electron chi connectivity index (χ4n) is 2.66. The summed E-state index contributed by atoms with van der Waals surface area (Å²) in [5.74, 6) is 6.64. The number of imidazole rings is 1. The van der Waals surface area contributed by atoms with Gasteiger partial charge in [0.25, 0.3) is 0 Å². The fourth-order valence-corrected chi connectivity index (χ4v) is 2.66. The molecule has 3 aromatic rings. The topological polar surface area (TPSA) is 58.3 Å². The lowest BCUT2D eigenvalue weighted by atomic mass is 10.0. The first-order chi connectivity index (χ1) is 12.2. The summed E-state index contributed by atoms with van der Waals surface area (Å²) in [6.07, 6.45) is 2.60. The molecule has 2 N–H and O–H groups in total. The van der Waals surface area contributed by atoms with Gasteiger partial charge >= 0.3 is 0 Å². The van der Waals surface area contributed by atoms with Crippen LogP contribution in [0.5, 0.6) is 0 Å². The van der Waals surface area contributed by atoms with Gasteiger partial charge in [0.05, 0.1) is 6.61 Å². The van der Waals surface area contributed by atoms with Gasteiger partial charge in [0.1, 0.15) is 18.0 Å². The van der Waals surface area contributed by atoms with E-state index in [0.29, 0.717) is 5.82 Å². The zero-order chi connectivity index (χ0) is 17.6. The molecule has 0 fully saturated rings. The number of hydrogen-bond acceptors (Lipinski definition) is 3. The Morgan fingerprint density at radius 2 is 1.72 bits per heavy atom. The molecule has 1 heterocycles. The summed E-state index contributed by atoms with van der Waals surface area (Å²) in [6.45, 7) is 1.49. The van der Waals surface area contributed by atoms with Gasteiger partial charge in [-0.25, -0.2) is 4.98 Å². The molecular weight excluding hydrogens is 312 g/mol. The standard InChI is InChI=1S/C21H20N2O2/c1-16(25)21-22-13-14-23(21)20(15-24)12-9-17-7-10-19(11-8-17)18-5-3-2-4-6-18/h2-8,10-11,13-14,16,20,24-25H,15H2,1H3/t16-,20-/m0/s1. The van der Waals surface area contributed by atoms with Crippen LogP contribution in [-0.4, -0.2) is 26.4 Å². The summed E-state index contributed by atoms with van der Waals surface area (Å²) in [5.41, 5.74) is 3.17. The van der Waals surface area contributed by atoms with Gasteiger partial charge in [-0.3, -0.25) is 0 Å². The first-order valence-corrected chi connectivity index (χ1v) is 8.17. The quantitative estimate of drug-likeness (QED) is 0.722. The highest BCUT2D eigenvalue weighted by molar-refractivity contribution is 5.64. The van der Waals surface area contributed by atoms with Crippen molar-refractivity contribution in [1.29, 1.82) is 0 Å². The SMILES string of the molecule is C[C@H](O)c1nccn1[C@@H](C#Cc1ccc(-c2ccccc2)cc1)CO. The summed E-state index contributed by atoms with van der Waals surface area (Å²) in [7, 11) is 0. The number of aliphatic hydroxyl groups excluding tert-OH is 2. The van der Waals surface area contributed by atoms with Gasteiger partial charge in [0.2, 0.25) is 0 Å². The smallest absolute Gasteiger partial charge is 0.138 e. The van der Waals surface area contributed by atoms with Crippen molar-refractivity contribution in [2.24, 2.45) is 0 Å².